The predicted molar refractivity (Wildman–Crippen MR) is 99.1 cm³/mol. The van der Waals surface area contributed by atoms with Gasteiger partial charge in [0.2, 0.25) is 15.9 Å². The summed E-state index contributed by atoms with van der Waals surface area (Å²) in [7, 11) is -3.76. The lowest BCUT2D eigenvalue weighted by Gasteiger charge is -2.39. The molecule has 0 atom stereocenters. The number of anilines is 2. The number of aromatic nitrogens is 5. The van der Waals surface area contributed by atoms with E-state index in [2.05, 4.69) is 25.4 Å². The number of sulfonamides is 1. The first-order valence-electron chi connectivity index (χ1n) is 8.26. The van der Waals surface area contributed by atoms with Gasteiger partial charge in [-0.2, -0.15) is 5.10 Å². The Morgan fingerprint density at radius 1 is 1.11 bits per heavy atom. The van der Waals surface area contributed by atoms with Gasteiger partial charge in [0.05, 0.1) is 10.8 Å². The molecule has 11 nitrogen and oxygen atoms in total. The van der Waals surface area contributed by atoms with E-state index in [-0.39, 0.29) is 16.7 Å². The molecule has 0 unspecified atom stereocenters. The van der Waals surface area contributed by atoms with Crippen LogP contribution >= 0.6 is 0 Å². The van der Waals surface area contributed by atoms with Gasteiger partial charge in [-0.05, 0) is 24.3 Å². The molecule has 144 valence electrons. The third kappa shape index (κ3) is 3.68. The quantitative estimate of drug-likeness (QED) is 0.597. The monoisotopic (exact) mass is 400 g/mol. The fourth-order valence-electron chi connectivity index (χ4n) is 2.77. The van der Waals surface area contributed by atoms with Crippen molar-refractivity contribution < 1.29 is 13.2 Å². The van der Waals surface area contributed by atoms with Crippen molar-refractivity contribution >= 4 is 27.4 Å². The average molecular weight is 400 g/mol. The maximum absolute atomic E-state index is 12.4. The van der Waals surface area contributed by atoms with Crippen LogP contribution in [-0.4, -0.2) is 52.1 Å². The molecule has 0 spiro atoms. The van der Waals surface area contributed by atoms with Gasteiger partial charge in [-0.3, -0.25) is 4.79 Å². The van der Waals surface area contributed by atoms with Crippen LogP contribution in [0.3, 0.4) is 0 Å². The Kier molecular flexibility index (Phi) is 4.49. The standard InChI is InChI=1S/C16H16N8O3S/c17-28(26,27)13-3-1-12(2-4-13)22-16(25)11-6-23(7-11)14-5-15(20-9-19-14)24-10-18-8-21-24/h1-5,8-11H,6-7H2,(H,22,25)(H2,17,26,27). The third-order valence-corrected chi connectivity index (χ3v) is 5.25. The second-order valence-corrected chi connectivity index (χ2v) is 7.80. The lowest BCUT2D eigenvalue weighted by atomic mass is 9.99. The summed E-state index contributed by atoms with van der Waals surface area (Å²) in [6.45, 7) is 1.02. The summed E-state index contributed by atoms with van der Waals surface area (Å²) in [6, 6.07) is 7.48. The molecule has 1 saturated heterocycles. The van der Waals surface area contributed by atoms with E-state index in [9.17, 15) is 13.2 Å². The minimum atomic E-state index is -3.76. The maximum Gasteiger partial charge on any atom is 0.238 e. The van der Waals surface area contributed by atoms with Gasteiger partial charge in [0.15, 0.2) is 5.82 Å². The lowest BCUT2D eigenvalue weighted by molar-refractivity contribution is -0.120. The molecule has 1 aliphatic heterocycles. The Balaban J connectivity index is 1.36. The Labute approximate surface area is 160 Å². The van der Waals surface area contributed by atoms with E-state index in [1.165, 1.54) is 41.6 Å². The molecule has 0 aliphatic carbocycles. The van der Waals surface area contributed by atoms with Gasteiger partial charge >= 0.3 is 0 Å². The van der Waals surface area contributed by atoms with Crippen LogP contribution in [0.4, 0.5) is 11.5 Å². The molecule has 0 saturated carbocycles. The first kappa shape index (κ1) is 18.0. The minimum Gasteiger partial charge on any atom is -0.355 e. The highest BCUT2D eigenvalue weighted by Gasteiger charge is 2.33. The Bertz CT molecular complexity index is 1090. The molecule has 1 fully saturated rings. The smallest absolute Gasteiger partial charge is 0.238 e. The van der Waals surface area contributed by atoms with Gasteiger partial charge in [0, 0.05) is 24.8 Å². The number of nitrogens with one attached hydrogen (secondary N) is 1. The SMILES string of the molecule is NS(=O)(=O)c1ccc(NC(=O)C2CN(c3cc(-n4cncn4)ncn3)C2)cc1. The van der Waals surface area contributed by atoms with Crippen LogP contribution in [0.5, 0.6) is 0 Å². The van der Waals surface area contributed by atoms with Gasteiger partial charge in [-0.1, -0.05) is 0 Å². The molecule has 1 aromatic carbocycles. The van der Waals surface area contributed by atoms with Gasteiger partial charge in [0.1, 0.15) is 24.8 Å². The largest absolute Gasteiger partial charge is 0.355 e. The normalized spacial score (nSPS) is 14.5. The molecule has 28 heavy (non-hydrogen) atoms. The summed E-state index contributed by atoms with van der Waals surface area (Å²) < 4.78 is 24.1. The molecule has 0 radical (unpaired) electrons. The van der Waals surface area contributed by atoms with Crippen molar-refractivity contribution in [1.29, 1.82) is 0 Å². The predicted octanol–water partition coefficient (Wildman–Crippen LogP) is -0.220. The third-order valence-electron chi connectivity index (χ3n) is 4.32. The zero-order valence-electron chi connectivity index (χ0n) is 14.5. The van der Waals surface area contributed by atoms with Crippen molar-refractivity contribution in [2.24, 2.45) is 11.1 Å². The van der Waals surface area contributed by atoms with Gasteiger partial charge in [-0.15, -0.1) is 0 Å². The molecule has 12 heteroatoms. The fourth-order valence-corrected chi connectivity index (χ4v) is 3.28. The highest BCUT2D eigenvalue weighted by Crippen LogP contribution is 2.25. The summed E-state index contributed by atoms with van der Waals surface area (Å²) in [5, 5.41) is 11.9. The van der Waals surface area contributed by atoms with Crippen LogP contribution in [0.15, 0.2) is 54.2 Å². The first-order valence-corrected chi connectivity index (χ1v) is 9.80. The van der Waals surface area contributed by atoms with Crippen molar-refractivity contribution in [3.05, 3.63) is 49.3 Å². The lowest BCUT2D eigenvalue weighted by Crippen LogP contribution is -2.52. The van der Waals surface area contributed by atoms with Crippen LogP contribution in [-0.2, 0) is 14.8 Å². The zero-order valence-corrected chi connectivity index (χ0v) is 15.3. The molecule has 1 amide bonds. The van der Waals surface area contributed by atoms with Crippen molar-refractivity contribution in [3.63, 3.8) is 0 Å². The van der Waals surface area contributed by atoms with E-state index in [0.29, 0.717) is 30.4 Å². The van der Waals surface area contributed by atoms with E-state index in [0.717, 1.165) is 0 Å². The van der Waals surface area contributed by atoms with Crippen LogP contribution in [0.1, 0.15) is 0 Å². The van der Waals surface area contributed by atoms with Crippen LogP contribution < -0.4 is 15.4 Å². The van der Waals surface area contributed by atoms with Crippen LogP contribution in [0.2, 0.25) is 0 Å². The minimum absolute atomic E-state index is 0.00716. The molecule has 2 aromatic heterocycles. The van der Waals surface area contributed by atoms with E-state index in [4.69, 9.17) is 5.14 Å². The molecule has 4 rings (SSSR count). The molecule has 3 N–H and O–H groups in total. The molecule has 0 bridgehead atoms. The number of carbonyl (C=O) groups excluding carboxylic acids is 1. The van der Waals surface area contributed by atoms with E-state index in [1.807, 2.05) is 4.90 Å². The topological polar surface area (TPSA) is 149 Å². The van der Waals surface area contributed by atoms with Gasteiger partial charge in [-0.25, -0.2) is 33.2 Å². The number of rotatable bonds is 5. The summed E-state index contributed by atoms with van der Waals surface area (Å²) in [6.07, 6.45) is 4.40. The first-order chi connectivity index (χ1) is 13.4. The molecular weight excluding hydrogens is 384 g/mol. The second kappa shape index (κ2) is 6.98. The number of primary sulfonamides is 1. The number of hydrogen-bond acceptors (Lipinski definition) is 8. The van der Waals surface area contributed by atoms with Crippen LogP contribution in [0.25, 0.3) is 5.82 Å². The summed E-state index contributed by atoms with van der Waals surface area (Å²) in [4.78, 5) is 26.6. The van der Waals surface area contributed by atoms with Gasteiger partial charge in [0.25, 0.3) is 0 Å². The Morgan fingerprint density at radius 2 is 1.82 bits per heavy atom. The fraction of sp³-hybridized carbons (Fsp3) is 0.188. The van der Waals surface area contributed by atoms with E-state index in [1.54, 1.807) is 12.4 Å². The number of amides is 1. The Hall–Kier alpha value is -3.38. The van der Waals surface area contributed by atoms with Gasteiger partial charge < -0.3 is 10.2 Å². The van der Waals surface area contributed by atoms with Crippen molar-refractivity contribution in [3.8, 4) is 5.82 Å². The molecule has 1 aliphatic rings. The van der Waals surface area contributed by atoms with E-state index >= 15 is 0 Å². The van der Waals surface area contributed by atoms with Crippen molar-refractivity contribution in [1.82, 2.24) is 24.7 Å². The molecular formula is C16H16N8O3S. The summed E-state index contributed by atoms with van der Waals surface area (Å²) in [5.74, 6) is 0.931. The number of benzene rings is 1. The molecule has 3 aromatic rings. The number of hydrogen-bond donors (Lipinski definition) is 2. The summed E-state index contributed by atoms with van der Waals surface area (Å²) in [5.41, 5.74) is 0.506. The van der Waals surface area contributed by atoms with E-state index < -0.39 is 10.0 Å². The average Bonchev–Trinajstić information content (AvgIpc) is 3.15. The van der Waals surface area contributed by atoms with Crippen molar-refractivity contribution in [2.45, 2.75) is 4.90 Å². The highest BCUT2D eigenvalue weighted by molar-refractivity contribution is 7.89. The number of nitrogens with two attached hydrogens (primary N) is 1. The number of carbonyl (C=O) groups is 1. The number of nitrogens with zero attached hydrogens (tertiary/aromatic N) is 6. The summed E-state index contributed by atoms with van der Waals surface area (Å²) >= 11 is 0. The van der Waals surface area contributed by atoms with Crippen molar-refractivity contribution in [2.75, 3.05) is 23.3 Å². The Morgan fingerprint density at radius 3 is 2.46 bits per heavy atom. The highest BCUT2D eigenvalue weighted by atomic mass is 32.2. The van der Waals surface area contributed by atoms with Crippen LogP contribution in [0, 0.1) is 5.92 Å². The molecule has 3 heterocycles. The second-order valence-electron chi connectivity index (χ2n) is 6.23. The zero-order chi connectivity index (χ0) is 19.7. The maximum atomic E-state index is 12.4.